The van der Waals surface area contributed by atoms with E-state index in [4.69, 9.17) is 4.74 Å². The van der Waals surface area contributed by atoms with Crippen LogP contribution in [0.25, 0.3) is 0 Å². The zero-order chi connectivity index (χ0) is 13.8. The van der Waals surface area contributed by atoms with E-state index in [1.807, 2.05) is 14.0 Å². The Hall–Kier alpha value is -1.40. The molecule has 1 aromatic heterocycles. The van der Waals surface area contributed by atoms with E-state index in [1.54, 1.807) is 10.9 Å². The van der Waals surface area contributed by atoms with Crippen LogP contribution >= 0.6 is 0 Å². The number of carbonyl (C=O) groups excluding carboxylic acids is 1. The topological polar surface area (TPSA) is 59.4 Å². The molecule has 1 saturated heterocycles. The molecule has 0 saturated carbocycles. The van der Waals surface area contributed by atoms with Crippen LogP contribution in [0.2, 0.25) is 0 Å². The van der Waals surface area contributed by atoms with Gasteiger partial charge in [-0.05, 0) is 13.8 Å². The van der Waals surface area contributed by atoms with E-state index < -0.39 is 0 Å². The van der Waals surface area contributed by atoms with Crippen molar-refractivity contribution < 1.29 is 9.53 Å². The van der Waals surface area contributed by atoms with Crippen molar-refractivity contribution in [2.24, 2.45) is 7.05 Å². The van der Waals surface area contributed by atoms with Crippen LogP contribution in [0.3, 0.4) is 0 Å². The number of ether oxygens (including phenoxy) is 1. The number of hydrogen-bond donors (Lipinski definition) is 1. The molecule has 1 aliphatic heterocycles. The first kappa shape index (κ1) is 14.0. The van der Waals surface area contributed by atoms with Gasteiger partial charge in [0.2, 0.25) is 0 Å². The second-order valence-corrected chi connectivity index (χ2v) is 4.97. The summed E-state index contributed by atoms with van der Waals surface area (Å²) in [5.74, 6) is -0.0503. The van der Waals surface area contributed by atoms with Crippen molar-refractivity contribution >= 4 is 5.91 Å². The summed E-state index contributed by atoms with van der Waals surface area (Å²) in [6, 6.07) is 0.324. The first-order valence-corrected chi connectivity index (χ1v) is 6.68. The molecule has 2 rings (SSSR count). The van der Waals surface area contributed by atoms with Crippen molar-refractivity contribution in [2.45, 2.75) is 19.9 Å². The fourth-order valence-corrected chi connectivity index (χ4v) is 2.20. The number of rotatable bonds is 4. The fraction of sp³-hybridized carbons (Fsp3) is 0.692. The van der Waals surface area contributed by atoms with Crippen molar-refractivity contribution in [2.75, 3.05) is 32.8 Å². The molecule has 1 atom stereocenters. The number of hydrogen-bond acceptors (Lipinski definition) is 4. The number of nitrogens with zero attached hydrogens (tertiary/aromatic N) is 3. The van der Waals surface area contributed by atoms with Gasteiger partial charge < -0.3 is 10.1 Å². The largest absolute Gasteiger partial charge is 0.379 e. The van der Waals surface area contributed by atoms with Crippen LogP contribution in [0.1, 0.15) is 23.0 Å². The van der Waals surface area contributed by atoms with E-state index >= 15 is 0 Å². The minimum atomic E-state index is -0.0503. The fourth-order valence-electron chi connectivity index (χ4n) is 2.20. The van der Waals surface area contributed by atoms with E-state index in [-0.39, 0.29) is 5.91 Å². The molecule has 0 aliphatic carbocycles. The predicted octanol–water partition coefficient (Wildman–Crippen LogP) is 0.179. The lowest BCUT2D eigenvalue weighted by Gasteiger charge is -2.32. The molecule has 0 spiro atoms. The van der Waals surface area contributed by atoms with Gasteiger partial charge in [0, 0.05) is 38.4 Å². The van der Waals surface area contributed by atoms with Gasteiger partial charge in [0.05, 0.1) is 25.0 Å². The van der Waals surface area contributed by atoms with Crippen molar-refractivity contribution in [3.05, 3.63) is 17.5 Å². The molecule has 1 unspecified atom stereocenters. The van der Waals surface area contributed by atoms with E-state index in [0.29, 0.717) is 18.2 Å². The third-order valence-corrected chi connectivity index (χ3v) is 3.71. The number of nitrogens with one attached hydrogen (secondary N) is 1. The molecule has 1 aliphatic rings. The third-order valence-electron chi connectivity index (χ3n) is 3.71. The Morgan fingerprint density at radius 3 is 2.79 bits per heavy atom. The molecule has 19 heavy (non-hydrogen) atoms. The first-order chi connectivity index (χ1) is 9.09. The van der Waals surface area contributed by atoms with Crippen LogP contribution in [0.4, 0.5) is 0 Å². The van der Waals surface area contributed by atoms with Crippen molar-refractivity contribution in [3.8, 4) is 0 Å². The quantitative estimate of drug-likeness (QED) is 0.844. The van der Waals surface area contributed by atoms with E-state index in [0.717, 1.165) is 32.0 Å². The highest BCUT2D eigenvalue weighted by molar-refractivity contribution is 5.95. The summed E-state index contributed by atoms with van der Waals surface area (Å²) in [6.07, 6.45) is 1.62. The van der Waals surface area contributed by atoms with Crippen molar-refractivity contribution in [3.63, 3.8) is 0 Å². The van der Waals surface area contributed by atoms with Crippen LogP contribution in [0.5, 0.6) is 0 Å². The van der Waals surface area contributed by atoms with Gasteiger partial charge in [-0.25, -0.2) is 0 Å². The maximum atomic E-state index is 12.1. The van der Waals surface area contributed by atoms with Crippen LogP contribution < -0.4 is 5.32 Å². The molecule has 1 amide bonds. The van der Waals surface area contributed by atoms with Gasteiger partial charge in [-0.2, -0.15) is 5.10 Å². The summed E-state index contributed by atoms with van der Waals surface area (Å²) < 4.78 is 7.03. The molecule has 106 valence electrons. The second-order valence-electron chi connectivity index (χ2n) is 4.97. The summed E-state index contributed by atoms with van der Waals surface area (Å²) in [7, 11) is 1.84. The number of amides is 1. The molecular weight excluding hydrogens is 244 g/mol. The van der Waals surface area contributed by atoms with Crippen molar-refractivity contribution in [1.29, 1.82) is 0 Å². The van der Waals surface area contributed by atoms with Crippen LogP contribution in [-0.2, 0) is 11.8 Å². The maximum absolute atomic E-state index is 12.1. The third kappa shape index (κ3) is 3.33. The smallest absolute Gasteiger partial charge is 0.254 e. The second kappa shape index (κ2) is 6.16. The molecule has 6 nitrogen and oxygen atoms in total. The lowest BCUT2D eigenvalue weighted by Crippen LogP contribution is -2.47. The Morgan fingerprint density at radius 1 is 1.53 bits per heavy atom. The van der Waals surface area contributed by atoms with E-state index in [2.05, 4.69) is 22.2 Å². The van der Waals surface area contributed by atoms with Gasteiger partial charge in [-0.1, -0.05) is 0 Å². The number of aryl methyl sites for hydroxylation is 1. The molecular formula is C13H22N4O2. The molecule has 2 heterocycles. The average molecular weight is 266 g/mol. The van der Waals surface area contributed by atoms with Gasteiger partial charge in [-0.15, -0.1) is 0 Å². The first-order valence-electron chi connectivity index (χ1n) is 6.68. The Bertz CT molecular complexity index is 438. The molecule has 0 aromatic carbocycles. The highest BCUT2D eigenvalue weighted by Gasteiger charge is 2.18. The maximum Gasteiger partial charge on any atom is 0.254 e. The number of aromatic nitrogens is 2. The summed E-state index contributed by atoms with van der Waals surface area (Å²) in [4.78, 5) is 14.4. The molecule has 0 radical (unpaired) electrons. The van der Waals surface area contributed by atoms with Gasteiger partial charge in [0.1, 0.15) is 0 Å². The standard InChI is InChI=1S/C13H22N4O2/c1-10(17-4-6-19-7-5-17)8-14-13(18)12-9-15-16(3)11(12)2/h9-10H,4-8H2,1-3H3,(H,14,18). The molecule has 6 heteroatoms. The highest BCUT2D eigenvalue weighted by atomic mass is 16.5. The summed E-state index contributed by atoms with van der Waals surface area (Å²) in [6.45, 7) is 8.09. The minimum Gasteiger partial charge on any atom is -0.379 e. The Morgan fingerprint density at radius 2 is 2.21 bits per heavy atom. The zero-order valence-electron chi connectivity index (χ0n) is 11.8. The lowest BCUT2D eigenvalue weighted by molar-refractivity contribution is 0.0204. The number of morpholine rings is 1. The summed E-state index contributed by atoms with van der Waals surface area (Å²) in [5, 5.41) is 7.06. The molecule has 0 bridgehead atoms. The van der Waals surface area contributed by atoms with Crippen LogP contribution in [0, 0.1) is 6.92 Å². The summed E-state index contributed by atoms with van der Waals surface area (Å²) >= 11 is 0. The van der Waals surface area contributed by atoms with Gasteiger partial charge in [-0.3, -0.25) is 14.4 Å². The number of carbonyl (C=O) groups is 1. The lowest BCUT2D eigenvalue weighted by atomic mass is 10.2. The zero-order valence-corrected chi connectivity index (χ0v) is 11.8. The average Bonchev–Trinajstić information content (AvgIpc) is 2.77. The Kier molecular flexibility index (Phi) is 4.55. The van der Waals surface area contributed by atoms with Gasteiger partial charge in [0.25, 0.3) is 5.91 Å². The molecule has 1 N–H and O–H groups in total. The Labute approximate surface area is 113 Å². The van der Waals surface area contributed by atoms with Crippen LogP contribution in [-0.4, -0.2) is 59.5 Å². The monoisotopic (exact) mass is 266 g/mol. The van der Waals surface area contributed by atoms with E-state index in [9.17, 15) is 4.79 Å². The Balaban J connectivity index is 1.84. The van der Waals surface area contributed by atoms with Gasteiger partial charge in [0.15, 0.2) is 0 Å². The SMILES string of the molecule is Cc1c(C(=O)NCC(C)N2CCOCC2)cnn1C. The predicted molar refractivity (Wildman–Crippen MR) is 72.1 cm³/mol. The van der Waals surface area contributed by atoms with Gasteiger partial charge >= 0.3 is 0 Å². The molecule has 1 aromatic rings. The minimum absolute atomic E-state index is 0.0503. The van der Waals surface area contributed by atoms with Crippen molar-refractivity contribution in [1.82, 2.24) is 20.0 Å². The summed E-state index contributed by atoms with van der Waals surface area (Å²) in [5.41, 5.74) is 1.54. The van der Waals surface area contributed by atoms with E-state index in [1.165, 1.54) is 0 Å². The van der Waals surface area contributed by atoms with Crippen LogP contribution in [0.15, 0.2) is 6.20 Å². The molecule has 1 fully saturated rings. The highest BCUT2D eigenvalue weighted by Crippen LogP contribution is 2.06. The normalized spacial score (nSPS) is 18.3.